The van der Waals surface area contributed by atoms with Gasteiger partial charge in [-0.25, -0.2) is 4.98 Å². The monoisotopic (exact) mass is 220 g/mol. The van der Waals surface area contributed by atoms with Crippen molar-refractivity contribution in [1.82, 2.24) is 9.55 Å². The predicted molar refractivity (Wildman–Crippen MR) is 59.7 cm³/mol. The number of nitrogens with zero attached hydrogens (tertiary/aromatic N) is 2. The molecule has 0 aromatic carbocycles. The van der Waals surface area contributed by atoms with Crippen molar-refractivity contribution in [3.63, 3.8) is 0 Å². The highest BCUT2D eigenvalue weighted by molar-refractivity contribution is 5.12. The molecule has 1 aliphatic carbocycles. The number of hydrogen-bond acceptors (Lipinski definition) is 3. The molecule has 86 valence electrons. The first-order chi connectivity index (χ1) is 7.75. The molecule has 3 rings (SSSR count). The van der Waals surface area contributed by atoms with Gasteiger partial charge in [-0.2, -0.15) is 0 Å². The van der Waals surface area contributed by atoms with Crippen molar-refractivity contribution < 1.29 is 4.74 Å². The van der Waals surface area contributed by atoms with E-state index in [1.807, 2.05) is 11.5 Å². The Balaban J connectivity index is 2.09. The van der Waals surface area contributed by atoms with Crippen LogP contribution in [0.1, 0.15) is 42.7 Å². The third-order valence-electron chi connectivity index (χ3n) is 3.32. The van der Waals surface area contributed by atoms with Gasteiger partial charge in [-0.05, 0) is 26.2 Å². The molecule has 0 N–H and O–H groups in total. The molecule has 1 aromatic rings. The molecule has 0 bridgehead atoms. The third-order valence-corrected chi connectivity index (χ3v) is 3.32. The molecule has 1 saturated heterocycles. The minimum Gasteiger partial charge on any atom is -0.379 e. The van der Waals surface area contributed by atoms with E-state index in [-0.39, 0.29) is 11.6 Å². The summed E-state index contributed by atoms with van der Waals surface area (Å²) < 4.78 is 7.24. The lowest BCUT2D eigenvalue weighted by molar-refractivity contribution is 0.185. The number of ether oxygens (including phenoxy) is 1. The third kappa shape index (κ3) is 1.67. The molecule has 0 radical (unpaired) electrons. The van der Waals surface area contributed by atoms with Gasteiger partial charge in [-0.15, -0.1) is 0 Å². The zero-order valence-corrected chi connectivity index (χ0v) is 9.48. The second-order valence-electron chi connectivity index (χ2n) is 4.76. The van der Waals surface area contributed by atoms with E-state index >= 15 is 0 Å². The predicted octanol–water partition coefficient (Wildman–Crippen LogP) is 1.39. The Morgan fingerprint density at radius 1 is 1.44 bits per heavy atom. The minimum atomic E-state index is 0.0879. The van der Waals surface area contributed by atoms with Crippen LogP contribution < -0.4 is 5.56 Å². The summed E-state index contributed by atoms with van der Waals surface area (Å²) in [7, 11) is 0. The van der Waals surface area contributed by atoms with Gasteiger partial charge in [0.15, 0.2) is 0 Å². The number of aromatic nitrogens is 2. The average Bonchev–Trinajstić information content (AvgIpc) is 2.95. The van der Waals surface area contributed by atoms with Gasteiger partial charge in [0.05, 0.1) is 12.6 Å². The van der Waals surface area contributed by atoms with Crippen molar-refractivity contribution in [2.75, 3.05) is 13.2 Å². The van der Waals surface area contributed by atoms with E-state index in [0.717, 1.165) is 24.5 Å². The first-order valence-corrected chi connectivity index (χ1v) is 5.93. The molecule has 1 unspecified atom stereocenters. The second kappa shape index (κ2) is 3.70. The van der Waals surface area contributed by atoms with Crippen LogP contribution in [0.4, 0.5) is 0 Å². The quantitative estimate of drug-likeness (QED) is 0.756. The zero-order chi connectivity index (χ0) is 11.1. The summed E-state index contributed by atoms with van der Waals surface area (Å²) in [5.41, 5.74) is 0.923. The largest absolute Gasteiger partial charge is 0.379 e. The average molecular weight is 220 g/mol. The Labute approximate surface area is 94.3 Å². The summed E-state index contributed by atoms with van der Waals surface area (Å²) in [6.07, 6.45) is 3.28. The van der Waals surface area contributed by atoms with Crippen LogP contribution in [0, 0.1) is 6.92 Å². The van der Waals surface area contributed by atoms with Crippen LogP contribution in [0.3, 0.4) is 0 Å². The summed E-state index contributed by atoms with van der Waals surface area (Å²) in [4.78, 5) is 16.6. The van der Waals surface area contributed by atoms with Crippen LogP contribution in [0.25, 0.3) is 0 Å². The molecular formula is C12H16N2O2. The lowest BCUT2D eigenvalue weighted by Gasteiger charge is -2.17. The van der Waals surface area contributed by atoms with Crippen LogP contribution in [-0.2, 0) is 4.74 Å². The maximum absolute atomic E-state index is 12.0. The first-order valence-electron chi connectivity index (χ1n) is 5.93. The van der Waals surface area contributed by atoms with Crippen molar-refractivity contribution in [2.24, 2.45) is 0 Å². The molecule has 1 atom stereocenters. The summed E-state index contributed by atoms with van der Waals surface area (Å²) in [6.45, 7) is 3.31. The van der Waals surface area contributed by atoms with Gasteiger partial charge >= 0.3 is 0 Å². The van der Waals surface area contributed by atoms with Crippen molar-refractivity contribution in [3.8, 4) is 0 Å². The summed E-state index contributed by atoms with van der Waals surface area (Å²) >= 11 is 0. The second-order valence-corrected chi connectivity index (χ2v) is 4.76. The van der Waals surface area contributed by atoms with Crippen LogP contribution in [0.5, 0.6) is 0 Å². The van der Waals surface area contributed by atoms with Gasteiger partial charge < -0.3 is 4.74 Å². The van der Waals surface area contributed by atoms with Gasteiger partial charge in [0.2, 0.25) is 0 Å². The van der Waals surface area contributed by atoms with E-state index < -0.39 is 0 Å². The Kier molecular flexibility index (Phi) is 2.32. The topological polar surface area (TPSA) is 44.1 Å². The molecule has 4 heteroatoms. The zero-order valence-electron chi connectivity index (χ0n) is 9.48. The van der Waals surface area contributed by atoms with Crippen molar-refractivity contribution in [1.29, 1.82) is 0 Å². The Bertz CT molecular complexity index is 457. The molecule has 1 aliphatic heterocycles. The molecule has 2 aliphatic rings. The SMILES string of the molecule is Cc1cc(=O)n(C2CCOC2)c(C2CC2)n1. The van der Waals surface area contributed by atoms with Crippen LogP contribution in [-0.4, -0.2) is 22.8 Å². The van der Waals surface area contributed by atoms with Crippen LogP contribution in [0.15, 0.2) is 10.9 Å². The van der Waals surface area contributed by atoms with Crippen molar-refractivity contribution in [2.45, 2.75) is 38.1 Å². The normalized spacial score (nSPS) is 24.9. The standard InChI is InChI=1S/C12H16N2O2/c1-8-6-11(15)14(10-4-5-16-7-10)12(13-8)9-2-3-9/h6,9-10H,2-5,7H2,1H3. The fraction of sp³-hybridized carbons (Fsp3) is 0.667. The smallest absolute Gasteiger partial charge is 0.254 e. The van der Waals surface area contributed by atoms with E-state index in [9.17, 15) is 4.79 Å². The maximum Gasteiger partial charge on any atom is 0.254 e. The van der Waals surface area contributed by atoms with E-state index in [1.165, 1.54) is 12.8 Å². The number of hydrogen-bond donors (Lipinski definition) is 0. The van der Waals surface area contributed by atoms with Crippen molar-refractivity contribution >= 4 is 0 Å². The van der Waals surface area contributed by atoms with Gasteiger partial charge in [0.25, 0.3) is 5.56 Å². The van der Waals surface area contributed by atoms with Gasteiger partial charge in [-0.1, -0.05) is 0 Å². The van der Waals surface area contributed by atoms with E-state index in [4.69, 9.17) is 4.74 Å². The van der Waals surface area contributed by atoms with E-state index in [0.29, 0.717) is 12.5 Å². The van der Waals surface area contributed by atoms with E-state index in [2.05, 4.69) is 4.98 Å². The molecule has 0 spiro atoms. The summed E-state index contributed by atoms with van der Waals surface area (Å²) in [5.74, 6) is 1.49. The number of aryl methyl sites for hydroxylation is 1. The fourth-order valence-corrected chi connectivity index (χ4v) is 2.35. The molecular weight excluding hydrogens is 204 g/mol. The molecule has 4 nitrogen and oxygen atoms in total. The Morgan fingerprint density at radius 3 is 2.88 bits per heavy atom. The van der Waals surface area contributed by atoms with Gasteiger partial charge in [0.1, 0.15) is 5.82 Å². The highest BCUT2D eigenvalue weighted by atomic mass is 16.5. The summed E-state index contributed by atoms with van der Waals surface area (Å²) in [5, 5.41) is 0. The highest BCUT2D eigenvalue weighted by Gasteiger charge is 2.32. The van der Waals surface area contributed by atoms with Gasteiger partial charge in [0, 0.05) is 24.3 Å². The van der Waals surface area contributed by atoms with Crippen molar-refractivity contribution in [3.05, 3.63) is 27.9 Å². The molecule has 2 heterocycles. The molecule has 1 aromatic heterocycles. The van der Waals surface area contributed by atoms with Gasteiger partial charge in [-0.3, -0.25) is 9.36 Å². The first kappa shape index (κ1) is 10.0. The molecule has 16 heavy (non-hydrogen) atoms. The Morgan fingerprint density at radius 2 is 2.25 bits per heavy atom. The molecule has 1 saturated carbocycles. The lowest BCUT2D eigenvalue weighted by atomic mass is 10.2. The molecule has 0 amide bonds. The maximum atomic E-state index is 12.0. The van der Waals surface area contributed by atoms with Crippen LogP contribution >= 0.6 is 0 Å². The number of rotatable bonds is 2. The van der Waals surface area contributed by atoms with Crippen LogP contribution in [0.2, 0.25) is 0 Å². The fourth-order valence-electron chi connectivity index (χ4n) is 2.35. The minimum absolute atomic E-state index is 0.0879. The Hall–Kier alpha value is -1.16. The summed E-state index contributed by atoms with van der Waals surface area (Å²) in [6, 6.07) is 1.83. The molecule has 2 fully saturated rings. The highest BCUT2D eigenvalue weighted by Crippen LogP contribution is 2.39. The lowest BCUT2D eigenvalue weighted by Crippen LogP contribution is -2.29. The van der Waals surface area contributed by atoms with E-state index in [1.54, 1.807) is 6.07 Å².